The Kier molecular flexibility index (Phi) is 8.04. The van der Waals surface area contributed by atoms with E-state index in [4.69, 9.17) is 19.6 Å². The maximum atomic E-state index is 12.2. The highest BCUT2D eigenvalue weighted by Crippen LogP contribution is 2.37. The van der Waals surface area contributed by atoms with Crippen LogP contribution in [0.2, 0.25) is 18.1 Å². The van der Waals surface area contributed by atoms with Gasteiger partial charge in [0.25, 0.3) is 5.91 Å². The van der Waals surface area contributed by atoms with Gasteiger partial charge in [0.15, 0.2) is 14.1 Å². The smallest absolute Gasteiger partial charge is 0.532 e. The molecule has 202 valence electrons. The van der Waals surface area contributed by atoms with E-state index in [0.29, 0.717) is 49.9 Å². The van der Waals surface area contributed by atoms with Crippen LogP contribution in [-0.4, -0.2) is 56.0 Å². The van der Waals surface area contributed by atoms with Crippen molar-refractivity contribution in [1.82, 2.24) is 9.78 Å². The van der Waals surface area contributed by atoms with Gasteiger partial charge in [-0.05, 0) is 54.6 Å². The first-order valence-corrected chi connectivity index (χ1v) is 15.8. The van der Waals surface area contributed by atoms with Crippen molar-refractivity contribution in [1.29, 1.82) is 5.26 Å². The summed E-state index contributed by atoms with van der Waals surface area (Å²) in [7, 11) is -2.93. The van der Waals surface area contributed by atoms with E-state index in [-0.39, 0.29) is 22.6 Å². The lowest BCUT2D eigenvalue weighted by molar-refractivity contribution is 0.0342. The number of nitrogens with one attached hydrogen (secondary N) is 1. The third kappa shape index (κ3) is 5.96. The van der Waals surface area contributed by atoms with Gasteiger partial charge in [-0.3, -0.25) is 9.48 Å². The Bertz CT molecular complexity index is 1270. The number of anilines is 2. The lowest BCUT2D eigenvalue weighted by atomic mass is 9.74. The fourth-order valence-corrected chi connectivity index (χ4v) is 5.30. The van der Waals surface area contributed by atoms with Crippen molar-refractivity contribution in [2.24, 2.45) is 11.7 Å². The van der Waals surface area contributed by atoms with E-state index in [9.17, 15) is 15.1 Å². The van der Waals surface area contributed by atoms with Crippen molar-refractivity contribution < 1.29 is 23.6 Å². The molecule has 4 rings (SSSR count). The molecule has 1 fully saturated rings. The average Bonchev–Trinajstić information content (AvgIpc) is 3.27. The van der Waals surface area contributed by atoms with E-state index in [2.05, 4.69) is 50.3 Å². The summed E-state index contributed by atoms with van der Waals surface area (Å²) in [5, 5.41) is 27.9. The molecule has 0 spiro atoms. The number of rotatable bonds is 8. The molecule has 3 heterocycles. The Morgan fingerprint density at radius 2 is 2.18 bits per heavy atom. The van der Waals surface area contributed by atoms with E-state index < -0.39 is 21.3 Å². The zero-order chi connectivity index (χ0) is 27.7. The number of nitrogens with two attached hydrogens (primary N) is 1. The van der Waals surface area contributed by atoms with Gasteiger partial charge >= 0.3 is 7.12 Å². The normalized spacial score (nSPS) is 19.7. The number of hydrogen-bond acceptors (Lipinski definition) is 8. The summed E-state index contributed by atoms with van der Waals surface area (Å²) in [4.78, 5) is 12.2. The van der Waals surface area contributed by atoms with Crippen LogP contribution in [0.15, 0.2) is 29.9 Å². The van der Waals surface area contributed by atoms with Crippen molar-refractivity contribution in [3.63, 3.8) is 0 Å². The largest absolute Gasteiger partial charge is 0.555 e. The van der Waals surface area contributed by atoms with Gasteiger partial charge in [-0.2, -0.15) is 10.4 Å². The number of nitriles is 1. The molecule has 38 heavy (non-hydrogen) atoms. The van der Waals surface area contributed by atoms with E-state index in [0.717, 1.165) is 11.0 Å². The van der Waals surface area contributed by atoms with Crippen LogP contribution in [0.5, 0.6) is 5.75 Å². The summed E-state index contributed by atoms with van der Waals surface area (Å²) < 4.78 is 19.2. The first-order valence-electron chi connectivity index (χ1n) is 12.9. The van der Waals surface area contributed by atoms with Gasteiger partial charge in [0, 0.05) is 30.7 Å². The minimum atomic E-state index is -1.90. The molecule has 2 atom stereocenters. The van der Waals surface area contributed by atoms with Crippen LogP contribution in [0, 0.1) is 17.2 Å². The molecule has 10 nitrogen and oxygen atoms in total. The summed E-state index contributed by atoms with van der Waals surface area (Å²) >= 11 is 0. The van der Waals surface area contributed by atoms with Crippen LogP contribution in [0.3, 0.4) is 0 Å². The van der Waals surface area contributed by atoms with E-state index >= 15 is 0 Å². The third-order valence-electron chi connectivity index (χ3n) is 7.66. The quantitative estimate of drug-likeness (QED) is 0.428. The maximum Gasteiger partial charge on any atom is 0.555 e. The van der Waals surface area contributed by atoms with E-state index in [1.54, 1.807) is 23.0 Å². The van der Waals surface area contributed by atoms with Crippen LogP contribution in [-0.2, 0) is 9.16 Å². The summed E-state index contributed by atoms with van der Waals surface area (Å²) in [6, 6.07) is 7.39. The summed E-state index contributed by atoms with van der Waals surface area (Å²) in [6.07, 6.45) is 4.62. The molecule has 1 aromatic heterocycles. The molecule has 1 amide bonds. The van der Waals surface area contributed by atoms with Crippen molar-refractivity contribution in [2.75, 3.05) is 25.1 Å². The first-order chi connectivity index (χ1) is 17.9. The monoisotopic (exact) mass is 537 g/mol. The molecule has 0 bridgehead atoms. The standard InChI is InChI=1S/C26H36BN5O5Si/c1-26(2,3)38(4,5)36-11-9-19-12-18-13-20(6-7-23(18)37-27(19)34)30-25-21(24(29)33)15-32(31-25)22-16-35-10-8-17(22)14-28/h6-7,12-13,15,17,22,34H,8-11,16H2,1-5H3,(H2,29,33)(H,30,31)/t17?,22-/m0/s1. The number of primary amides is 1. The highest BCUT2D eigenvalue weighted by molar-refractivity contribution is 6.74. The predicted molar refractivity (Wildman–Crippen MR) is 148 cm³/mol. The number of carbonyl (C=O) groups excluding carboxylic acids is 1. The van der Waals surface area contributed by atoms with Gasteiger partial charge in [-0.25, -0.2) is 0 Å². The lowest BCUT2D eigenvalue weighted by Crippen LogP contribution is -2.41. The van der Waals surface area contributed by atoms with Crippen LogP contribution in [0.25, 0.3) is 6.08 Å². The summed E-state index contributed by atoms with van der Waals surface area (Å²) in [6.45, 7) is 12.3. The Morgan fingerprint density at radius 3 is 2.87 bits per heavy atom. The molecule has 12 heteroatoms. The maximum absolute atomic E-state index is 12.2. The van der Waals surface area contributed by atoms with Crippen molar-refractivity contribution in [2.45, 2.75) is 57.8 Å². The molecule has 1 unspecified atom stereocenters. The summed E-state index contributed by atoms with van der Waals surface area (Å²) in [5.74, 6) is -0.0523. The molecule has 1 aromatic carbocycles. The molecule has 0 radical (unpaired) electrons. The molecule has 4 N–H and O–H groups in total. The fraction of sp³-hybridized carbons (Fsp3) is 0.500. The zero-order valence-corrected chi connectivity index (χ0v) is 23.7. The van der Waals surface area contributed by atoms with Crippen molar-refractivity contribution >= 4 is 38.9 Å². The van der Waals surface area contributed by atoms with Crippen LogP contribution in [0.4, 0.5) is 11.5 Å². The van der Waals surface area contributed by atoms with Gasteiger partial charge in [-0.15, -0.1) is 0 Å². The van der Waals surface area contributed by atoms with Gasteiger partial charge in [-0.1, -0.05) is 26.8 Å². The SMILES string of the molecule is CC(C)(C)[Si](C)(C)OCCC1=Cc2cc(Nc3nn([C@H]4COCCC4C#N)cc3C(N)=O)ccc2OB1O. The number of fused-ring (bicyclic) bond motifs is 1. The van der Waals surface area contributed by atoms with Crippen LogP contribution in [0.1, 0.15) is 55.6 Å². The van der Waals surface area contributed by atoms with Crippen molar-refractivity contribution in [3.05, 3.63) is 41.0 Å². The molecule has 2 aliphatic rings. The molecule has 0 aliphatic carbocycles. The van der Waals surface area contributed by atoms with Crippen LogP contribution < -0.4 is 15.7 Å². The zero-order valence-electron chi connectivity index (χ0n) is 22.7. The lowest BCUT2D eigenvalue weighted by Gasteiger charge is -2.36. The first kappa shape index (κ1) is 27.9. The Labute approximate surface area is 225 Å². The number of amides is 1. The highest BCUT2D eigenvalue weighted by atomic mass is 28.4. The second-order valence-corrected chi connectivity index (χ2v) is 16.1. The molecular weight excluding hydrogens is 501 g/mol. The highest BCUT2D eigenvalue weighted by Gasteiger charge is 2.37. The Balaban J connectivity index is 1.53. The average molecular weight is 538 g/mol. The number of hydrogen-bond donors (Lipinski definition) is 3. The number of aromatic nitrogens is 2. The van der Waals surface area contributed by atoms with Crippen molar-refractivity contribution in [3.8, 4) is 11.8 Å². The molecule has 1 saturated heterocycles. The molecule has 2 aliphatic heterocycles. The fourth-order valence-electron chi connectivity index (χ4n) is 4.25. The van der Waals surface area contributed by atoms with Gasteiger partial charge in [0.05, 0.1) is 24.6 Å². The van der Waals surface area contributed by atoms with Gasteiger partial charge < -0.3 is 29.9 Å². The number of benzene rings is 1. The molecule has 0 saturated carbocycles. The van der Waals surface area contributed by atoms with E-state index in [1.807, 2.05) is 12.1 Å². The predicted octanol–water partition coefficient (Wildman–Crippen LogP) is 4.03. The molecule has 2 aromatic rings. The van der Waals surface area contributed by atoms with Gasteiger partial charge in [0.2, 0.25) is 0 Å². The second kappa shape index (κ2) is 10.9. The molecular formula is C26H36BN5O5Si. The minimum absolute atomic E-state index is 0.104. The van der Waals surface area contributed by atoms with E-state index in [1.165, 1.54) is 0 Å². The second-order valence-electron chi connectivity index (χ2n) is 11.3. The third-order valence-corrected chi connectivity index (χ3v) is 12.2. The Hall–Kier alpha value is -3.11. The van der Waals surface area contributed by atoms with Crippen LogP contribution >= 0.6 is 0 Å². The number of carbonyl (C=O) groups is 1. The minimum Gasteiger partial charge on any atom is -0.532 e. The van der Waals surface area contributed by atoms with Gasteiger partial charge in [0.1, 0.15) is 11.3 Å². The number of nitrogens with zero attached hydrogens (tertiary/aromatic N) is 3. The number of ether oxygens (including phenoxy) is 1. The summed E-state index contributed by atoms with van der Waals surface area (Å²) in [5.41, 5.74) is 8.03. The Morgan fingerprint density at radius 1 is 1.42 bits per heavy atom. The topological polar surface area (TPSA) is 145 Å².